The molecular weight excluding hydrogens is 490 g/mol. The van der Waals surface area contributed by atoms with Gasteiger partial charge in [0.15, 0.2) is 0 Å². The fraction of sp³-hybridized carbons (Fsp3) is 0.636. The van der Waals surface area contributed by atoms with Gasteiger partial charge in [0.05, 0.1) is 25.4 Å². The van der Waals surface area contributed by atoms with E-state index in [4.69, 9.17) is 20.3 Å². The lowest BCUT2D eigenvalue weighted by Crippen LogP contribution is -2.37. The zero-order chi connectivity index (χ0) is 26.0. The molecule has 1 aliphatic heterocycles. The van der Waals surface area contributed by atoms with Crippen molar-refractivity contribution in [3.8, 4) is 5.75 Å². The number of aliphatic hydroxyl groups excluding tert-OH is 1. The molecule has 198 valence electrons. The highest BCUT2D eigenvalue weighted by molar-refractivity contribution is 7.46. The number of aliphatic hydroxyl groups is 1. The third-order valence-electron chi connectivity index (χ3n) is 5.44. The van der Waals surface area contributed by atoms with E-state index >= 15 is 0 Å². The molecule has 0 saturated carbocycles. The Morgan fingerprint density at radius 1 is 1.03 bits per heavy atom. The van der Waals surface area contributed by atoms with Gasteiger partial charge in [0.1, 0.15) is 5.75 Å². The van der Waals surface area contributed by atoms with Gasteiger partial charge in [0, 0.05) is 5.56 Å². The number of hydrogen-bond donors (Lipinski definition) is 4. The van der Waals surface area contributed by atoms with Crippen molar-refractivity contribution in [2.45, 2.75) is 75.4 Å². The lowest BCUT2D eigenvalue weighted by Gasteiger charge is -2.15. The van der Waals surface area contributed by atoms with Crippen molar-refractivity contribution in [2.75, 3.05) is 13.2 Å². The second kappa shape index (κ2) is 13.5. The van der Waals surface area contributed by atoms with Gasteiger partial charge in [-0.05, 0) is 31.4 Å². The van der Waals surface area contributed by atoms with E-state index in [-0.39, 0.29) is 5.56 Å². The normalized spacial score (nSPS) is 17.0. The first-order chi connectivity index (χ1) is 16.4. The largest absolute Gasteiger partial charge is 0.494 e. The van der Waals surface area contributed by atoms with E-state index in [1.165, 1.54) is 30.3 Å². The molecule has 13 heteroatoms. The summed E-state index contributed by atoms with van der Waals surface area (Å²) in [6.07, 6.45) is 5.54. The molecule has 1 aromatic rings. The van der Waals surface area contributed by atoms with Crippen LogP contribution in [0.4, 0.5) is 13.2 Å². The zero-order valence-electron chi connectivity index (χ0n) is 19.3. The highest BCUT2D eigenvalue weighted by Crippen LogP contribution is 2.52. The number of phosphoric ester groups is 1. The lowest BCUT2D eigenvalue weighted by atomic mass is 10.0. The number of allylic oxidation sites excluding steroid dienone is 1. The Kier molecular flexibility index (Phi) is 11.3. The van der Waals surface area contributed by atoms with Crippen LogP contribution in [0.15, 0.2) is 46.6 Å². The number of benzene rings is 1. The third-order valence-corrected chi connectivity index (χ3v) is 5.93. The van der Waals surface area contributed by atoms with E-state index in [0.29, 0.717) is 12.4 Å². The van der Waals surface area contributed by atoms with Crippen LogP contribution in [0.5, 0.6) is 5.75 Å². The predicted octanol–water partition coefficient (Wildman–Crippen LogP) is 4.72. The minimum atomic E-state index is -4.60. The molecule has 35 heavy (non-hydrogen) atoms. The number of nitrogens with two attached hydrogens (primary N) is 1. The molecule has 1 heterocycles. The Labute approximate surface area is 202 Å². The Bertz CT molecular complexity index is 870. The molecular formula is C22H33F3N3O6P. The van der Waals surface area contributed by atoms with Gasteiger partial charge in [0.25, 0.3) is 0 Å². The van der Waals surface area contributed by atoms with Crippen molar-refractivity contribution < 1.29 is 41.9 Å². The molecule has 1 aliphatic rings. The van der Waals surface area contributed by atoms with E-state index in [1.807, 2.05) is 0 Å². The van der Waals surface area contributed by atoms with Gasteiger partial charge < -0.3 is 25.4 Å². The van der Waals surface area contributed by atoms with Crippen molar-refractivity contribution in [1.29, 1.82) is 0 Å². The van der Waals surface area contributed by atoms with Crippen LogP contribution in [-0.4, -0.2) is 46.4 Å². The lowest BCUT2D eigenvalue weighted by molar-refractivity contribution is -0.166. The topological polar surface area (TPSA) is 147 Å². The maximum absolute atomic E-state index is 13.0. The maximum atomic E-state index is 13.0. The monoisotopic (exact) mass is 523 g/mol. The van der Waals surface area contributed by atoms with Crippen molar-refractivity contribution in [3.63, 3.8) is 0 Å². The number of unbranched alkanes of at least 4 members (excludes halogenated alkanes) is 7. The summed E-state index contributed by atoms with van der Waals surface area (Å²) in [6, 6.07) is 4.77. The highest BCUT2D eigenvalue weighted by atomic mass is 31.2. The second-order valence-corrected chi connectivity index (χ2v) is 9.61. The molecule has 0 aliphatic carbocycles. The minimum Gasteiger partial charge on any atom is -0.494 e. The molecule has 0 radical (unpaired) electrons. The van der Waals surface area contributed by atoms with Gasteiger partial charge in [0.2, 0.25) is 0 Å². The van der Waals surface area contributed by atoms with Crippen LogP contribution in [0.25, 0.3) is 0 Å². The van der Waals surface area contributed by atoms with Crippen LogP contribution in [-0.2, 0) is 14.8 Å². The fourth-order valence-electron chi connectivity index (χ4n) is 3.32. The van der Waals surface area contributed by atoms with Gasteiger partial charge in [-0.2, -0.15) is 13.2 Å². The van der Waals surface area contributed by atoms with E-state index < -0.39 is 38.4 Å². The smallest absolute Gasteiger partial charge is 0.469 e. The number of alkyl halides is 3. The molecule has 0 aromatic heterocycles. The molecule has 0 amide bonds. The van der Waals surface area contributed by atoms with Gasteiger partial charge in [-0.3, -0.25) is 4.52 Å². The molecule has 5 N–H and O–H groups in total. The summed E-state index contributed by atoms with van der Waals surface area (Å²) in [5, 5.41) is 16.2. The van der Waals surface area contributed by atoms with Crippen LogP contribution >= 0.6 is 7.82 Å². The summed E-state index contributed by atoms with van der Waals surface area (Å²) in [7, 11) is -4.60. The van der Waals surface area contributed by atoms with Crippen LogP contribution in [0.1, 0.15) is 56.9 Å². The first kappa shape index (κ1) is 29.4. The average Bonchev–Trinajstić information content (AvgIpc) is 3.60. The Balaban J connectivity index is 1.45. The predicted molar refractivity (Wildman–Crippen MR) is 123 cm³/mol. The number of nitrogens with zero attached hydrogens (tertiary/aromatic N) is 2. The number of halogens is 3. The van der Waals surface area contributed by atoms with Crippen LogP contribution < -0.4 is 10.5 Å². The molecule has 0 unspecified atom stereocenters. The van der Waals surface area contributed by atoms with Crippen molar-refractivity contribution in [2.24, 2.45) is 16.0 Å². The van der Waals surface area contributed by atoms with E-state index in [1.54, 1.807) is 6.08 Å². The van der Waals surface area contributed by atoms with Crippen molar-refractivity contribution >= 4 is 7.82 Å². The van der Waals surface area contributed by atoms with E-state index in [9.17, 15) is 22.8 Å². The number of rotatable bonds is 17. The summed E-state index contributed by atoms with van der Waals surface area (Å²) in [5.41, 5.74) is 3.19. The van der Waals surface area contributed by atoms with Gasteiger partial charge in [-0.25, -0.2) is 4.57 Å². The molecule has 1 aromatic carbocycles. The fourth-order valence-corrected chi connectivity index (χ4v) is 3.69. The van der Waals surface area contributed by atoms with E-state index in [2.05, 4.69) is 14.8 Å². The summed E-state index contributed by atoms with van der Waals surface area (Å²) in [4.78, 5) is 17.2. The highest BCUT2D eigenvalue weighted by Gasteiger charge is 2.65. The van der Waals surface area contributed by atoms with Gasteiger partial charge in [-0.1, -0.05) is 56.4 Å². The SMILES string of the molecule is N[C@@H](COP(=O)(O)O)[C@H](O)/C=C/CCCCCCCCCOc1ccc(C2(C(F)(F)F)N=N2)cc1. The van der Waals surface area contributed by atoms with Crippen molar-refractivity contribution in [1.82, 2.24) is 0 Å². The molecule has 2 atom stereocenters. The van der Waals surface area contributed by atoms with Crippen LogP contribution in [0.2, 0.25) is 0 Å². The molecule has 9 nitrogen and oxygen atoms in total. The Hall–Kier alpha value is -1.82. The van der Waals surface area contributed by atoms with Crippen LogP contribution in [0, 0.1) is 0 Å². The first-order valence-corrected chi connectivity index (χ1v) is 13.0. The molecule has 0 bridgehead atoms. The first-order valence-electron chi connectivity index (χ1n) is 11.5. The van der Waals surface area contributed by atoms with E-state index in [0.717, 1.165) is 51.4 Å². The Morgan fingerprint density at radius 3 is 2.14 bits per heavy atom. The average molecular weight is 523 g/mol. The van der Waals surface area contributed by atoms with Gasteiger partial charge >= 0.3 is 19.7 Å². The quantitative estimate of drug-likeness (QED) is 0.131. The summed E-state index contributed by atoms with van der Waals surface area (Å²) in [5.74, 6) is 0.514. The summed E-state index contributed by atoms with van der Waals surface area (Å²) >= 11 is 0. The van der Waals surface area contributed by atoms with Crippen LogP contribution in [0.3, 0.4) is 0 Å². The number of phosphoric acid groups is 1. The van der Waals surface area contributed by atoms with Gasteiger partial charge in [-0.15, -0.1) is 10.2 Å². The zero-order valence-corrected chi connectivity index (χ0v) is 20.2. The summed E-state index contributed by atoms with van der Waals surface area (Å²) in [6.45, 7) is 0.0514. The Morgan fingerprint density at radius 2 is 1.60 bits per heavy atom. The van der Waals surface area contributed by atoms with Crippen molar-refractivity contribution in [3.05, 3.63) is 42.0 Å². The third kappa shape index (κ3) is 10.4. The number of ether oxygens (including phenoxy) is 1. The maximum Gasteiger partial charge on any atom is 0.469 e. The number of hydrogen-bond acceptors (Lipinski definition) is 7. The molecule has 0 saturated heterocycles. The minimum absolute atomic E-state index is 0.0135. The molecule has 0 fully saturated rings. The standard InChI is InChI=1S/C22H33F3N3O6P/c23-22(24,25)21(27-28-21)17-11-13-18(14-12-17)33-15-9-7-5-3-1-2-4-6-8-10-20(29)19(26)16-34-35(30,31)32/h8,10-14,19-20,29H,1-7,9,15-16,26H2,(H2,30,31,32)/b10-8+/t19-,20+/m0/s1. The molecule has 2 rings (SSSR count). The second-order valence-electron chi connectivity index (χ2n) is 8.38. The summed E-state index contributed by atoms with van der Waals surface area (Å²) < 4.78 is 59.4. The molecule has 0 spiro atoms.